The number of nitrogens with one attached hydrogen (secondary N) is 1. The van der Waals surface area contributed by atoms with Crippen LogP contribution in [0.5, 0.6) is 17.2 Å². The van der Waals surface area contributed by atoms with Gasteiger partial charge in [-0.25, -0.2) is 4.98 Å². The maximum Gasteiger partial charge on any atom is 0.203 e. The second-order valence-corrected chi connectivity index (χ2v) is 8.00. The van der Waals surface area contributed by atoms with Crippen molar-refractivity contribution in [2.75, 3.05) is 54.6 Å². The van der Waals surface area contributed by atoms with Gasteiger partial charge in [-0.3, -0.25) is 9.89 Å². The molecule has 8 nitrogen and oxygen atoms in total. The molecule has 164 valence electrons. The average molecular weight is 434 g/mol. The van der Waals surface area contributed by atoms with Crippen molar-refractivity contribution in [3.05, 3.63) is 33.8 Å². The van der Waals surface area contributed by atoms with Crippen molar-refractivity contribution in [3.63, 3.8) is 0 Å². The number of guanidine groups is 1. The molecule has 0 spiro atoms. The molecule has 2 heterocycles. The summed E-state index contributed by atoms with van der Waals surface area (Å²) >= 11 is 1.67. The summed E-state index contributed by atoms with van der Waals surface area (Å²) < 4.78 is 16.4. The van der Waals surface area contributed by atoms with E-state index in [4.69, 9.17) is 14.2 Å². The van der Waals surface area contributed by atoms with Crippen molar-refractivity contribution >= 4 is 17.3 Å². The average Bonchev–Trinajstić information content (AvgIpc) is 3.19. The Labute approximate surface area is 182 Å². The van der Waals surface area contributed by atoms with Crippen LogP contribution < -0.4 is 19.5 Å². The SMILES string of the molecule is CN=C(NCc1scnc1C)N1CCN(Cc2cc(OC)c(OC)c(OC)c2)CC1. The highest BCUT2D eigenvalue weighted by Gasteiger charge is 2.21. The Morgan fingerprint density at radius 1 is 1.10 bits per heavy atom. The summed E-state index contributed by atoms with van der Waals surface area (Å²) in [5.74, 6) is 2.94. The van der Waals surface area contributed by atoms with Gasteiger partial charge in [0.25, 0.3) is 0 Å². The monoisotopic (exact) mass is 433 g/mol. The van der Waals surface area contributed by atoms with E-state index in [2.05, 4.69) is 25.1 Å². The molecule has 0 unspecified atom stereocenters. The highest BCUT2D eigenvalue weighted by Crippen LogP contribution is 2.38. The van der Waals surface area contributed by atoms with Gasteiger partial charge >= 0.3 is 0 Å². The Morgan fingerprint density at radius 2 is 1.77 bits per heavy atom. The second kappa shape index (κ2) is 10.5. The van der Waals surface area contributed by atoms with Gasteiger partial charge in [0.15, 0.2) is 17.5 Å². The number of benzene rings is 1. The minimum Gasteiger partial charge on any atom is -0.493 e. The molecule has 0 amide bonds. The van der Waals surface area contributed by atoms with Crippen LogP contribution in [0.3, 0.4) is 0 Å². The number of aromatic nitrogens is 1. The van der Waals surface area contributed by atoms with E-state index < -0.39 is 0 Å². The van der Waals surface area contributed by atoms with Gasteiger partial charge in [0.2, 0.25) is 5.75 Å². The van der Waals surface area contributed by atoms with E-state index in [1.165, 1.54) is 4.88 Å². The number of piperazine rings is 1. The zero-order chi connectivity index (χ0) is 21.5. The van der Waals surface area contributed by atoms with E-state index in [0.29, 0.717) is 17.2 Å². The molecule has 0 radical (unpaired) electrons. The van der Waals surface area contributed by atoms with Crippen molar-refractivity contribution < 1.29 is 14.2 Å². The molecule has 1 aromatic heterocycles. The van der Waals surface area contributed by atoms with Crippen LogP contribution in [0.1, 0.15) is 16.1 Å². The number of hydrogen-bond donors (Lipinski definition) is 1. The lowest BCUT2D eigenvalue weighted by Gasteiger charge is -2.36. The lowest BCUT2D eigenvalue weighted by atomic mass is 10.1. The molecule has 0 aliphatic carbocycles. The van der Waals surface area contributed by atoms with Crippen LogP contribution in [-0.4, -0.2) is 75.3 Å². The molecule has 30 heavy (non-hydrogen) atoms. The first-order valence-corrected chi connectivity index (χ1v) is 10.8. The third-order valence-electron chi connectivity index (χ3n) is 5.27. The minimum absolute atomic E-state index is 0.625. The number of rotatable bonds is 7. The standard InChI is InChI=1S/C21H31N5O3S/c1-15-19(30-14-24-15)12-23-21(22-2)26-8-6-25(7-9-26)13-16-10-17(27-3)20(29-5)18(11-16)28-4/h10-11,14H,6-9,12-13H2,1-5H3,(H,22,23). The molecule has 1 aliphatic heterocycles. The van der Waals surface area contributed by atoms with E-state index in [1.807, 2.05) is 31.6 Å². The summed E-state index contributed by atoms with van der Waals surface area (Å²) in [6, 6.07) is 4.04. The Morgan fingerprint density at radius 3 is 2.27 bits per heavy atom. The molecule has 1 N–H and O–H groups in total. The molecule has 1 aliphatic rings. The number of aliphatic imine (C=N–C) groups is 1. The Hall–Kier alpha value is -2.52. The first kappa shape index (κ1) is 22.2. The molecule has 2 aromatic rings. The molecular weight excluding hydrogens is 402 g/mol. The lowest BCUT2D eigenvalue weighted by Crippen LogP contribution is -2.52. The predicted molar refractivity (Wildman–Crippen MR) is 120 cm³/mol. The van der Waals surface area contributed by atoms with Crippen LogP contribution in [0.4, 0.5) is 0 Å². The van der Waals surface area contributed by atoms with Crippen molar-refractivity contribution in [1.29, 1.82) is 0 Å². The van der Waals surface area contributed by atoms with Gasteiger partial charge in [-0.15, -0.1) is 11.3 Å². The number of thiazole rings is 1. The number of aryl methyl sites for hydroxylation is 1. The fourth-order valence-corrected chi connectivity index (χ4v) is 4.31. The maximum atomic E-state index is 5.48. The number of nitrogens with zero attached hydrogens (tertiary/aromatic N) is 4. The van der Waals surface area contributed by atoms with Gasteiger partial charge in [0.05, 0.1) is 39.1 Å². The molecule has 0 bridgehead atoms. The van der Waals surface area contributed by atoms with Gasteiger partial charge in [-0.2, -0.15) is 0 Å². The highest BCUT2D eigenvalue weighted by atomic mass is 32.1. The molecule has 1 fully saturated rings. The summed E-state index contributed by atoms with van der Waals surface area (Å²) in [6.45, 7) is 7.38. The van der Waals surface area contributed by atoms with E-state index >= 15 is 0 Å². The topological polar surface area (TPSA) is 71.5 Å². The van der Waals surface area contributed by atoms with Crippen LogP contribution in [-0.2, 0) is 13.1 Å². The molecule has 0 atom stereocenters. The highest BCUT2D eigenvalue weighted by molar-refractivity contribution is 7.09. The maximum absolute atomic E-state index is 5.48. The quantitative estimate of drug-likeness (QED) is 0.531. The van der Waals surface area contributed by atoms with Gasteiger partial charge in [0.1, 0.15) is 0 Å². The van der Waals surface area contributed by atoms with Crippen LogP contribution in [0.25, 0.3) is 0 Å². The Bertz CT molecular complexity index is 837. The lowest BCUT2D eigenvalue weighted by molar-refractivity contribution is 0.172. The fourth-order valence-electron chi connectivity index (χ4n) is 3.59. The van der Waals surface area contributed by atoms with Crippen molar-refractivity contribution in [3.8, 4) is 17.2 Å². The van der Waals surface area contributed by atoms with E-state index in [0.717, 1.165) is 56.5 Å². The van der Waals surface area contributed by atoms with Gasteiger partial charge in [-0.1, -0.05) is 0 Å². The van der Waals surface area contributed by atoms with Crippen LogP contribution in [0, 0.1) is 6.92 Å². The first-order chi connectivity index (χ1) is 14.6. The summed E-state index contributed by atoms with van der Waals surface area (Å²) in [5.41, 5.74) is 4.11. The first-order valence-electron chi connectivity index (χ1n) is 9.95. The summed E-state index contributed by atoms with van der Waals surface area (Å²) in [4.78, 5) is 14.8. The summed E-state index contributed by atoms with van der Waals surface area (Å²) in [5, 5.41) is 3.47. The van der Waals surface area contributed by atoms with E-state index in [1.54, 1.807) is 32.7 Å². The largest absolute Gasteiger partial charge is 0.493 e. The molecular formula is C21H31N5O3S. The molecule has 3 rings (SSSR count). The third kappa shape index (κ3) is 5.14. The number of methoxy groups -OCH3 is 3. The number of ether oxygens (including phenoxy) is 3. The zero-order valence-corrected chi connectivity index (χ0v) is 19.2. The second-order valence-electron chi connectivity index (χ2n) is 7.06. The Balaban J connectivity index is 1.57. The molecule has 1 aromatic carbocycles. The fraction of sp³-hybridized carbons (Fsp3) is 0.524. The molecule has 1 saturated heterocycles. The van der Waals surface area contributed by atoms with Crippen molar-refractivity contribution in [2.45, 2.75) is 20.0 Å². The summed E-state index contributed by atoms with van der Waals surface area (Å²) in [7, 11) is 6.75. The van der Waals surface area contributed by atoms with E-state index in [9.17, 15) is 0 Å². The summed E-state index contributed by atoms with van der Waals surface area (Å²) in [6.07, 6.45) is 0. The van der Waals surface area contributed by atoms with Gasteiger partial charge in [0, 0.05) is 44.6 Å². The zero-order valence-electron chi connectivity index (χ0n) is 18.4. The van der Waals surface area contributed by atoms with Gasteiger partial charge < -0.3 is 24.4 Å². The Kier molecular flexibility index (Phi) is 7.75. The van der Waals surface area contributed by atoms with Crippen molar-refractivity contribution in [1.82, 2.24) is 20.1 Å². The number of hydrogen-bond acceptors (Lipinski definition) is 7. The van der Waals surface area contributed by atoms with Gasteiger partial charge in [-0.05, 0) is 24.6 Å². The van der Waals surface area contributed by atoms with Crippen LogP contribution >= 0.6 is 11.3 Å². The smallest absolute Gasteiger partial charge is 0.203 e. The normalized spacial score (nSPS) is 15.2. The third-order valence-corrected chi connectivity index (χ3v) is 6.20. The molecule has 9 heteroatoms. The minimum atomic E-state index is 0.625. The predicted octanol–water partition coefficient (Wildman–Crippen LogP) is 2.37. The van der Waals surface area contributed by atoms with Crippen LogP contribution in [0.2, 0.25) is 0 Å². The molecule has 0 saturated carbocycles. The van der Waals surface area contributed by atoms with Crippen molar-refractivity contribution in [2.24, 2.45) is 4.99 Å². The van der Waals surface area contributed by atoms with Crippen LogP contribution in [0.15, 0.2) is 22.6 Å². The van der Waals surface area contributed by atoms with E-state index in [-0.39, 0.29) is 0 Å².